The minimum Gasteiger partial charge on any atom is -0.508 e. The zero-order chi connectivity index (χ0) is 22.5. The number of nitrogens with zero attached hydrogens (tertiary/aromatic N) is 1. The highest BCUT2D eigenvalue weighted by Crippen LogP contribution is 2.15. The van der Waals surface area contributed by atoms with Crippen LogP contribution in [0.5, 0.6) is 5.75 Å². The number of phenols is 1. The van der Waals surface area contributed by atoms with Crippen molar-refractivity contribution in [1.82, 2.24) is 5.32 Å². The van der Waals surface area contributed by atoms with Gasteiger partial charge in [0.15, 0.2) is 0 Å². The maximum atomic E-state index is 12.5. The highest BCUT2D eigenvalue weighted by atomic mass is 16.5. The van der Waals surface area contributed by atoms with E-state index >= 15 is 0 Å². The Bertz CT molecular complexity index is 745. The van der Waals surface area contributed by atoms with Gasteiger partial charge < -0.3 is 19.9 Å². The van der Waals surface area contributed by atoms with E-state index in [9.17, 15) is 14.8 Å². The third kappa shape index (κ3) is 10.4. The molecule has 170 valence electrons. The molecule has 2 rings (SSSR count). The summed E-state index contributed by atoms with van der Waals surface area (Å²) in [6.45, 7) is 4.51. The molecule has 0 fully saturated rings. The third-order valence-electron chi connectivity index (χ3n) is 4.97. The number of ether oxygens (including phenoxy) is 2. The van der Waals surface area contributed by atoms with Crippen LogP contribution in [0.1, 0.15) is 45.1 Å². The maximum Gasteiger partial charge on any atom is 0.220 e. The van der Waals surface area contributed by atoms with Gasteiger partial charge in [-0.2, -0.15) is 4.91 Å². The molecule has 3 atom stereocenters. The fraction of sp³-hybridized carbons (Fsp3) is 0.542. The molecule has 0 bridgehead atoms. The van der Waals surface area contributed by atoms with E-state index in [4.69, 9.17) is 9.47 Å². The van der Waals surface area contributed by atoms with Gasteiger partial charge in [-0.3, -0.25) is 4.79 Å². The van der Waals surface area contributed by atoms with Crippen LogP contribution < -0.4 is 5.32 Å². The average molecular weight is 431 g/mol. The van der Waals surface area contributed by atoms with Crippen LogP contribution in [0.2, 0.25) is 0 Å². The molecular weight excluding hydrogens is 396 g/mol. The SMILES string of the molecule is CC(COC(C)COCC(Cc1ccc(O)cc1)NC(=O)CCC1=CCCC=C1)N=O. The maximum absolute atomic E-state index is 12.5. The van der Waals surface area contributed by atoms with Crippen molar-refractivity contribution in [3.05, 3.63) is 58.5 Å². The van der Waals surface area contributed by atoms with Gasteiger partial charge >= 0.3 is 0 Å². The fourth-order valence-corrected chi connectivity index (χ4v) is 3.24. The topological polar surface area (TPSA) is 97.2 Å². The Balaban J connectivity index is 1.84. The zero-order valence-corrected chi connectivity index (χ0v) is 18.5. The van der Waals surface area contributed by atoms with Crippen LogP contribution in [-0.2, 0) is 20.7 Å². The third-order valence-corrected chi connectivity index (χ3v) is 4.97. The van der Waals surface area contributed by atoms with Crippen molar-refractivity contribution in [2.45, 2.75) is 64.1 Å². The van der Waals surface area contributed by atoms with Crippen molar-refractivity contribution in [2.75, 3.05) is 19.8 Å². The second kappa shape index (κ2) is 13.7. The Hall–Kier alpha value is -2.51. The molecule has 1 aliphatic carbocycles. The van der Waals surface area contributed by atoms with Crippen LogP contribution in [-0.4, -0.2) is 49.0 Å². The Kier molecular flexibility index (Phi) is 11.0. The summed E-state index contributed by atoms with van der Waals surface area (Å²) in [7, 11) is 0. The van der Waals surface area contributed by atoms with E-state index in [1.165, 1.54) is 5.57 Å². The summed E-state index contributed by atoms with van der Waals surface area (Å²) in [4.78, 5) is 23.0. The van der Waals surface area contributed by atoms with Gasteiger partial charge in [0.25, 0.3) is 0 Å². The molecule has 0 radical (unpaired) electrons. The van der Waals surface area contributed by atoms with Crippen LogP contribution in [0.4, 0.5) is 0 Å². The number of phenolic OH excluding ortho intramolecular Hbond substituents is 1. The summed E-state index contributed by atoms with van der Waals surface area (Å²) in [5.41, 5.74) is 2.21. The van der Waals surface area contributed by atoms with E-state index in [2.05, 4.69) is 28.7 Å². The first kappa shape index (κ1) is 24.8. The van der Waals surface area contributed by atoms with Gasteiger partial charge in [-0.1, -0.05) is 41.1 Å². The fourth-order valence-electron chi connectivity index (χ4n) is 3.24. The molecule has 0 spiro atoms. The number of carbonyl (C=O) groups excluding carboxylic acids is 1. The summed E-state index contributed by atoms with van der Waals surface area (Å²) in [5, 5.41) is 15.5. The van der Waals surface area contributed by atoms with Crippen LogP contribution in [0.3, 0.4) is 0 Å². The van der Waals surface area contributed by atoms with Gasteiger partial charge in [0, 0.05) is 6.42 Å². The van der Waals surface area contributed by atoms with Gasteiger partial charge in [0.1, 0.15) is 11.8 Å². The summed E-state index contributed by atoms with van der Waals surface area (Å²) in [6, 6.07) is 6.36. The number of amides is 1. The number of rotatable bonds is 14. The number of nitroso groups, excluding NO2 is 1. The average Bonchev–Trinajstić information content (AvgIpc) is 2.78. The predicted octanol–water partition coefficient (Wildman–Crippen LogP) is 4.05. The predicted molar refractivity (Wildman–Crippen MR) is 121 cm³/mol. The van der Waals surface area contributed by atoms with E-state index in [0.29, 0.717) is 26.1 Å². The summed E-state index contributed by atoms with van der Waals surface area (Å²) in [5.74, 6) is 0.196. The van der Waals surface area contributed by atoms with Crippen LogP contribution in [0.25, 0.3) is 0 Å². The lowest BCUT2D eigenvalue weighted by molar-refractivity contribution is -0.122. The van der Waals surface area contributed by atoms with E-state index in [1.54, 1.807) is 19.1 Å². The number of allylic oxidation sites excluding steroid dienone is 4. The molecule has 2 N–H and O–H groups in total. The number of hydrogen-bond acceptors (Lipinski definition) is 6. The van der Waals surface area contributed by atoms with Crippen molar-refractivity contribution in [3.8, 4) is 5.75 Å². The molecule has 0 aromatic heterocycles. The van der Waals surface area contributed by atoms with Gasteiger partial charge in [0.2, 0.25) is 5.91 Å². The lowest BCUT2D eigenvalue weighted by Gasteiger charge is -2.21. The van der Waals surface area contributed by atoms with Crippen LogP contribution in [0, 0.1) is 4.91 Å². The molecule has 31 heavy (non-hydrogen) atoms. The quantitative estimate of drug-likeness (QED) is 0.434. The smallest absolute Gasteiger partial charge is 0.220 e. The molecule has 7 nitrogen and oxygen atoms in total. The highest BCUT2D eigenvalue weighted by Gasteiger charge is 2.15. The van der Waals surface area contributed by atoms with Crippen molar-refractivity contribution in [2.24, 2.45) is 5.18 Å². The molecule has 3 unspecified atom stereocenters. The largest absolute Gasteiger partial charge is 0.508 e. The molecule has 1 amide bonds. The monoisotopic (exact) mass is 430 g/mol. The van der Waals surface area contributed by atoms with Crippen molar-refractivity contribution in [3.63, 3.8) is 0 Å². The van der Waals surface area contributed by atoms with Gasteiger partial charge in [-0.25, -0.2) is 0 Å². The first-order chi connectivity index (χ1) is 15.0. The molecule has 1 aromatic carbocycles. The lowest BCUT2D eigenvalue weighted by Crippen LogP contribution is -2.40. The first-order valence-electron chi connectivity index (χ1n) is 10.9. The molecule has 0 heterocycles. The minimum absolute atomic E-state index is 0.0116. The number of carbonyl (C=O) groups is 1. The molecule has 1 aromatic rings. The van der Waals surface area contributed by atoms with Crippen molar-refractivity contribution in [1.29, 1.82) is 0 Å². The van der Waals surface area contributed by atoms with Crippen molar-refractivity contribution >= 4 is 5.91 Å². The standard InChI is InChI=1S/C24H34N2O5/c1-18(26-29)15-31-19(2)16-30-17-22(14-21-8-11-23(27)12-9-21)25-24(28)13-10-20-6-4-3-5-7-20/h4,6-9,11-12,18-19,22,27H,3,5,10,13-17H2,1-2H3,(H,25,28). The second-order valence-corrected chi connectivity index (χ2v) is 8.03. The summed E-state index contributed by atoms with van der Waals surface area (Å²) < 4.78 is 11.3. The van der Waals surface area contributed by atoms with Gasteiger partial charge in [-0.05, 0) is 57.2 Å². The van der Waals surface area contributed by atoms with E-state index in [1.807, 2.05) is 19.1 Å². The first-order valence-corrected chi connectivity index (χ1v) is 10.9. The van der Waals surface area contributed by atoms with Gasteiger partial charge in [0.05, 0.1) is 32.0 Å². The Labute approximate surface area is 184 Å². The van der Waals surface area contributed by atoms with E-state index < -0.39 is 6.04 Å². The summed E-state index contributed by atoms with van der Waals surface area (Å²) >= 11 is 0. The molecule has 0 saturated heterocycles. The van der Waals surface area contributed by atoms with Crippen LogP contribution in [0.15, 0.2) is 53.2 Å². The van der Waals surface area contributed by atoms with E-state index in [-0.39, 0.29) is 30.4 Å². The molecule has 7 heteroatoms. The number of hydrogen-bond donors (Lipinski definition) is 2. The Morgan fingerprint density at radius 2 is 1.94 bits per heavy atom. The number of nitrogens with one attached hydrogen (secondary N) is 1. The van der Waals surface area contributed by atoms with E-state index in [0.717, 1.165) is 24.8 Å². The normalized spacial score (nSPS) is 16.3. The number of aromatic hydroxyl groups is 1. The highest BCUT2D eigenvalue weighted by molar-refractivity contribution is 5.76. The molecule has 0 aliphatic heterocycles. The van der Waals surface area contributed by atoms with Crippen molar-refractivity contribution < 1.29 is 19.4 Å². The molecule has 0 saturated carbocycles. The zero-order valence-electron chi connectivity index (χ0n) is 18.5. The minimum atomic E-state index is -0.391. The second-order valence-electron chi connectivity index (χ2n) is 8.03. The Morgan fingerprint density at radius 1 is 1.16 bits per heavy atom. The van der Waals surface area contributed by atoms with Crippen LogP contribution >= 0.6 is 0 Å². The Morgan fingerprint density at radius 3 is 2.61 bits per heavy atom. The summed E-state index contributed by atoms with van der Waals surface area (Å²) in [6.07, 6.45) is 10.1. The number of benzene rings is 1. The van der Waals surface area contributed by atoms with Gasteiger partial charge in [-0.15, -0.1) is 0 Å². The molecule has 1 aliphatic rings. The lowest BCUT2D eigenvalue weighted by atomic mass is 10.0. The molecular formula is C24H34N2O5.